The molecule has 1 aliphatic rings. The Morgan fingerprint density at radius 1 is 1.55 bits per heavy atom. The summed E-state index contributed by atoms with van der Waals surface area (Å²) in [6.07, 6.45) is 2.03. The van der Waals surface area contributed by atoms with E-state index in [0.717, 1.165) is 19.4 Å². The molecular weight excluding hydrogens is 284 g/mol. The van der Waals surface area contributed by atoms with Crippen LogP contribution < -0.4 is 5.32 Å². The third-order valence-electron chi connectivity index (χ3n) is 3.21. The predicted octanol–water partition coefficient (Wildman–Crippen LogP) is 2.40. The van der Waals surface area contributed by atoms with Crippen LogP contribution in [0.1, 0.15) is 23.2 Å². The van der Waals surface area contributed by atoms with Crippen LogP contribution in [0.25, 0.3) is 0 Å². The van der Waals surface area contributed by atoms with E-state index in [2.05, 4.69) is 5.32 Å². The van der Waals surface area contributed by atoms with Crippen LogP contribution >= 0.6 is 11.6 Å². The fourth-order valence-electron chi connectivity index (χ4n) is 2.10. The Balaban J connectivity index is 1.95. The smallest absolute Gasteiger partial charge is 0.287 e. The van der Waals surface area contributed by atoms with Crippen LogP contribution in [0.4, 0.5) is 5.69 Å². The molecule has 1 fully saturated rings. The Morgan fingerprint density at radius 2 is 2.35 bits per heavy atom. The first-order chi connectivity index (χ1) is 9.58. The second kappa shape index (κ2) is 6.67. The zero-order chi connectivity index (χ0) is 14.5. The van der Waals surface area contributed by atoms with Crippen molar-refractivity contribution in [2.75, 3.05) is 19.8 Å². The van der Waals surface area contributed by atoms with Gasteiger partial charge in [0.1, 0.15) is 5.02 Å². The average Bonchev–Trinajstić information content (AvgIpc) is 2.45. The van der Waals surface area contributed by atoms with Crippen molar-refractivity contribution in [2.45, 2.75) is 12.8 Å². The number of benzene rings is 1. The van der Waals surface area contributed by atoms with Gasteiger partial charge >= 0.3 is 0 Å². The minimum atomic E-state index is -0.580. The Hall–Kier alpha value is -1.66. The summed E-state index contributed by atoms with van der Waals surface area (Å²) in [4.78, 5) is 22.0. The second-order valence-corrected chi connectivity index (χ2v) is 5.12. The van der Waals surface area contributed by atoms with Crippen molar-refractivity contribution in [3.63, 3.8) is 0 Å². The molecule has 0 aromatic heterocycles. The van der Waals surface area contributed by atoms with Crippen molar-refractivity contribution >= 4 is 23.2 Å². The lowest BCUT2D eigenvalue weighted by Crippen LogP contribution is -2.33. The van der Waals surface area contributed by atoms with Crippen molar-refractivity contribution in [3.05, 3.63) is 38.9 Å². The molecule has 0 radical (unpaired) electrons. The highest BCUT2D eigenvalue weighted by molar-refractivity contribution is 6.33. The molecular formula is C13H15ClN2O4. The van der Waals surface area contributed by atoms with Crippen molar-refractivity contribution in [1.82, 2.24) is 5.32 Å². The van der Waals surface area contributed by atoms with Crippen molar-refractivity contribution in [2.24, 2.45) is 5.92 Å². The number of rotatable bonds is 4. The maximum absolute atomic E-state index is 11.9. The molecule has 1 saturated heterocycles. The number of nitrogens with zero attached hydrogens (tertiary/aromatic N) is 1. The molecule has 1 aromatic rings. The molecule has 1 N–H and O–H groups in total. The lowest BCUT2D eigenvalue weighted by atomic mass is 10.0. The number of hydrogen-bond acceptors (Lipinski definition) is 4. The van der Waals surface area contributed by atoms with Gasteiger partial charge in [0, 0.05) is 24.8 Å². The van der Waals surface area contributed by atoms with E-state index in [4.69, 9.17) is 16.3 Å². The SMILES string of the molecule is O=C(NCC1CCCOC1)c1ccc([N+](=O)[O-])c(Cl)c1. The quantitative estimate of drug-likeness (QED) is 0.683. The molecule has 6 nitrogen and oxygen atoms in total. The molecule has 1 unspecified atom stereocenters. The molecule has 0 bridgehead atoms. The number of nitrogens with one attached hydrogen (secondary N) is 1. The number of nitro benzene ring substituents is 1. The van der Waals surface area contributed by atoms with Crippen LogP contribution in [0.2, 0.25) is 5.02 Å². The summed E-state index contributed by atoms with van der Waals surface area (Å²) in [7, 11) is 0. The van der Waals surface area contributed by atoms with E-state index in [1.807, 2.05) is 0 Å². The van der Waals surface area contributed by atoms with Gasteiger partial charge in [-0.3, -0.25) is 14.9 Å². The molecule has 1 amide bonds. The Labute approximate surface area is 121 Å². The monoisotopic (exact) mass is 298 g/mol. The van der Waals surface area contributed by atoms with Crippen molar-refractivity contribution < 1.29 is 14.5 Å². The summed E-state index contributed by atoms with van der Waals surface area (Å²) in [6, 6.07) is 3.95. The van der Waals surface area contributed by atoms with Gasteiger partial charge in [0.15, 0.2) is 0 Å². The van der Waals surface area contributed by atoms with Crippen LogP contribution in [0.5, 0.6) is 0 Å². The zero-order valence-corrected chi connectivity index (χ0v) is 11.6. The number of amides is 1. The Morgan fingerprint density at radius 3 is 2.95 bits per heavy atom. The normalized spacial score (nSPS) is 18.6. The molecule has 7 heteroatoms. The lowest BCUT2D eigenvalue weighted by Gasteiger charge is -2.22. The third kappa shape index (κ3) is 3.68. The highest BCUT2D eigenvalue weighted by Gasteiger charge is 2.17. The maximum Gasteiger partial charge on any atom is 0.287 e. The van der Waals surface area contributed by atoms with Crippen LogP contribution in [0.3, 0.4) is 0 Å². The van der Waals surface area contributed by atoms with E-state index >= 15 is 0 Å². The van der Waals surface area contributed by atoms with E-state index in [9.17, 15) is 14.9 Å². The van der Waals surface area contributed by atoms with Gasteiger partial charge in [0.25, 0.3) is 11.6 Å². The van der Waals surface area contributed by atoms with Gasteiger partial charge in [0.2, 0.25) is 0 Å². The molecule has 2 rings (SSSR count). The highest BCUT2D eigenvalue weighted by Crippen LogP contribution is 2.25. The number of ether oxygens (including phenoxy) is 1. The number of carbonyl (C=O) groups excluding carboxylic acids is 1. The molecule has 1 atom stereocenters. The molecule has 108 valence electrons. The van der Waals surface area contributed by atoms with E-state index in [-0.39, 0.29) is 16.6 Å². The first kappa shape index (κ1) is 14.7. The maximum atomic E-state index is 11.9. The molecule has 0 aliphatic carbocycles. The van der Waals surface area contributed by atoms with Gasteiger partial charge in [-0.15, -0.1) is 0 Å². The Bertz CT molecular complexity index is 515. The molecule has 1 heterocycles. The second-order valence-electron chi connectivity index (χ2n) is 4.72. The first-order valence-corrected chi connectivity index (χ1v) is 6.75. The van der Waals surface area contributed by atoms with Gasteiger partial charge < -0.3 is 10.1 Å². The van der Waals surface area contributed by atoms with Gasteiger partial charge in [-0.1, -0.05) is 11.6 Å². The molecule has 20 heavy (non-hydrogen) atoms. The van der Waals surface area contributed by atoms with E-state index in [1.165, 1.54) is 18.2 Å². The fraction of sp³-hybridized carbons (Fsp3) is 0.462. The Kier molecular flexibility index (Phi) is 4.92. The number of nitro groups is 1. The summed E-state index contributed by atoms with van der Waals surface area (Å²) in [5, 5.41) is 13.4. The minimum absolute atomic E-state index is 0.0383. The fourth-order valence-corrected chi connectivity index (χ4v) is 2.35. The van der Waals surface area contributed by atoms with Crippen LogP contribution in [0, 0.1) is 16.0 Å². The molecule has 0 saturated carbocycles. The summed E-state index contributed by atoms with van der Waals surface area (Å²) in [5.74, 6) is 0.0357. The average molecular weight is 299 g/mol. The standard InChI is InChI=1S/C13H15ClN2O4/c14-11-6-10(3-4-12(11)16(18)19)13(17)15-7-9-2-1-5-20-8-9/h3-4,6,9H,1-2,5,7-8H2,(H,15,17). The summed E-state index contributed by atoms with van der Waals surface area (Å²) >= 11 is 5.78. The summed E-state index contributed by atoms with van der Waals surface area (Å²) in [5.41, 5.74) is 0.112. The van der Waals surface area contributed by atoms with Crippen LogP contribution in [-0.2, 0) is 4.74 Å². The largest absolute Gasteiger partial charge is 0.381 e. The molecule has 0 spiro atoms. The number of carbonyl (C=O) groups is 1. The van der Waals surface area contributed by atoms with Crippen LogP contribution in [-0.4, -0.2) is 30.6 Å². The van der Waals surface area contributed by atoms with E-state index < -0.39 is 4.92 Å². The third-order valence-corrected chi connectivity index (χ3v) is 3.52. The molecule has 1 aromatic carbocycles. The summed E-state index contributed by atoms with van der Waals surface area (Å²) in [6.45, 7) is 1.97. The van der Waals surface area contributed by atoms with E-state index in [1.54, 1.807) is 0 Å². The van der Waals surface area contributed by atoms with Gasteiger partial charge in [0.05, 0.1) is 11.5 Å². The lowest BCUT2D eigenvalue weighted by molar-refractivity contribution is -0.384. The predicted molar refractivity (Wildman–Crippen MR) is 74.0 cm³/mol. The van der Waals surface area contributed by atoms with E-state index in [0.29, 0.717) is 24.6 Å². The number of halogens is 1. The highest BCUT2D eigenvalue weighted by atomic mass is 35.5. The molecule has 1 aliphatic heterocycles. The van der Waals surface area contributed by atoms with Crippen LogP contribution in [0.15, 0.2) is 18.2 Å². The van der Waals surface area contributed by atoms with Gasteiger partial charge in [-0.25, -0.2) is 0 Å². The minimum Gasteiger partial charge on any atom is -0.381 e. The zero-order valence-electron chi connectivity index (χ0n) is 10.8. The number of hydrogen-bond donors (Lipinski definition) is 1. The first-order valence-electron chi connectivity index (χ1n) is 6.38. The summed E-state index contributed by atoms with van der Waals surface area (Å²) < 4.78 is 5.33. The van der Waals surface area contributed by atoms with Gasteiger partial charge in [-0.05, 0) is 30.9 Å². The van der Waals surface area contributed by atoms with Crippen molar-refractivity contribution in [3.8, 4) is 0 Å². The topological polar surface area (TPSA) is 81.5 Å². The van der Waals surface area contributed by atoms with Gasteiger partial charge in [-0.2, -0.15) is 0 Å². The van der Waals surface area contributed by atoms with Crippen molar-refractivity contribution in [1.29, 1.82) is 0 Å².